The third kappa shape index (κ3) is 43.2. The van der Waals surface area contributed by atoms with E-state index in [0.717, 1.165) is 0 Å². The predicted molar refractivity (Wildman–Crippen MR) is 179 cm³/mol. The van der Waals surface area contributed by atoms with Gasteiger partial charge in [0, 0.05) is 0 Å². The molecule has 0 saturated heterocycles. The topological polar surface area (TPSA) is 137 Å². The molecule has 0 aliphatic carbocycles. The number of esters is 1. The fraction of sp³-hybridized carbons (Fsp3) is 0.969. The molecule has 0 aliphatic rings. The van der Waals surface area contributed by atoms with Gasteiger partial charge in [-0.05, 0) is 40.4 Å². The van der Waals surface area contributed by atoms with E-state index in [1.54, 1.807) is 0 Å². The van der Waals surface area contributed by atoms with Crippen LogP contribution in [-0.2, 0) is 66.1 Å². The van der Waals surface area contributed by atoms with Crippen molar-refractivity contribution in [3.63, 3.8) is 0 Å². The molecule has 0 amide bonds. The van der Waals surface area contributed by atoms with Crippen molar-refractivity contribution in [2.45, 2.75) is 52.4 Å². The Labute approximate surface area is 284 Å². The van der Waals surface area contributed by atoms with Gasteiger partial charge in [-0.1, -0.05) is 0 Å². The van der Waals surface area contributed by atoms with Gasteiger partial charge in [0.05, 0.1) is 158 Å². The second-order valence-electron chi connectivity index (χ2n) is 12.0. The highest BCUT2D eigenvalue weighted by Gasteiger charge is 2.15. The summed E-state index contributed by atoms with van der Waals surface area (Å²) in [7, 11) is -1.45. The van der Waals surface area contributed by atoms with Crippen LogP contribution in [-0.4, -0.2) is 172 Å². The van der Waals surface area contributed by atoms with Crippen LogP contribution in [0.15, 0.2) is 0 Å². The maximum absolute atomic E-state index is 11.6. The van der Waals surface area contributed by atoms with Gasteiger partial charge >= 0.3 is 5.97 Å². The van der Waals surface area contributed by atoms with E-state index in [2.05, 4.69) is 19.6 Å². The molecular formula is C32H66O14Si. The lowest BCUT2D eigenvalue weighted by Gasteiger charge is -2.19. The summed E-state index contributed by atoms with van der Waals surface area (Å²) in [6.45, 7) is 23.6. The Morgan fingerprint density at radius 3 is 0.809 bits per heavy atom. The molecule has 0 N–H and O–H groups in total. The Balaban J connectivity index is 3.11. The van der Waals surface area contributed by atoms with Crippen molar-refractivity contribution < 1.29 is 66.1 Å². The fourth-order valence-electron chi connectivity index (χ4n) is 3.26. The number of rotatable bonds is 37. The van der Waals surface area contributed by atoms with Gasteiger partial charge in [-0.15, -0.1) is 0 Å². The monoisotopic (exact) mass is 702 g/mol. The van der Waals surface area contributed by atoms with Gasteiger partial charge in [0.15, 0.2) is 8.32 Å². The van der Waals surface area contributed by atoms with E-state index in [1.807, 2.05) is 20.8 Å². The molecule has 0 bridgehead atoms. The second kappa shape index (κ2) is 33.7. The molecule has 282 valence electrons. The summed E-state index contributed by atoms with van der Waals surface area (Å²) >= 11 is 0. The molecule has 0 rings (SSSR count). The van der Waals surface area contributed by atoms with Crippen molar-refractivity contribution in [2.24, 2.45) is 0 Å². The largest absolute Gasteiger partial charge is 0.460 e. The van der Waals surface area contributed by atoms with E-state index in [-0.39, 0.29) is 12.4 Å². The lowest BCUT2D eigenvalue weighted by Crippen LogP contribution is -2.27. The molecule has 0 atom stereocenters. The third-order valence-electron chi connectivity index (χ3n) is 5.35. The highest BCUT2D eigenvalue weighted by molar-refractivity contribution is 6.69. The molecule has 0 aromatic carbocycles. The fourth-order valence-corrected chi connectivity index (χ4v) is 3.95. The van der Waals surface area contributed by atoms with Crippen molar-refractivity contribution in [2.75, 3.05) is 152 Å². The Kier molecular flexibility index (Phi) is 33.1. The first-order valence-corrected chi connectivity index (χ1v) is 20.2. The molecule has 0 radical (unpaired) electrons. The maximum atomic E-state index is 11.6. The molecule has 0 unspecified atom stereocenters. The molecule has 15 heteroatoms. The zero-order valence-electron chi connectivity index (χ0n) is 30.2. The Morgan fingerprint density at radius 2 is 0.596 bits per heavy atom. The average Bonchev–Trinajstić information content (AvgIpc) is 2.99. The highest BCUT2D eigenvalue weighted by atomic mass is 28.4. The number of hydrogen-bond acceptors (Lipinski definition) is 14. The van der Waals surface area contributed by atoms with Crippen molar-refractivity contribution in [3.05, 3.63) is 0 Å². The Morgan fingerprint density at radius 1 is 0.383 bits per heavy atom. The summed E-state index contributed by atoms with van der Waals surface area (Å²) in [4.78, 5) is 11.6. The van der Waals surface area contributed by atoms with Crippen LogP contribution >= 0.6 is 0 Å². The molecule has 0 aromatic heterocycles. The van der Waals surface area contributed by atoms with E-state index in [4.69, 9.17) is 61.3 Å². The molecule has 14 nitrogen and oxygen atoms in total. The van der Waals surface area contributed by atoms with Gasteiger partial charge in [-0.25, -0.2) is 0 Å². The Bertz CT molecular complexity index is 661. The zero-order chi connectivity index (χ0) is 34.7. The van der Waals surface area contributed by atoms with Gasteiger partial charge in [-0.3, -0.25) is 4.79 Å². The first-order valence-electron chi connectivity index (χ1n) is 16.8. The van der Waals surface area contributed by atoms with E-state index < -0.39 is 13.9 Å². The summed E-state index contributed by atoms with van der Waals surface area (Å²) in [5, 5.41) is 0. The number of carbonyl (C=O) groups excluding carboxylic acids is 1. The number of ether oxygens (including phenoxy) is 12. The first kappa shape index (κ1) is 46.2. The van der Waals surface area contributed by atoms with Crippen LogP contribution in [0, 0.1) is 0 Å². The summed E-state index contributed by atoms with van der Waals surface area (Å²) < 4.78 is 71.0. The predicted octanol–water partition coefficient (Wildman–Crippen LogP) is 2.75. The molecule has 0 aromatic rings. The zero-order valence-corrected chi connectivity index (χ0v) is 31.2. The van der Waals surface area contributed by atoms with Gasteiger partial charge in [0.1, 0.15) is 5.60 Å². The lowest BCUT2D eigenvalue weighted by atomic mass is 10.2. The Hall–Kier alpha value is -0.793. The minimum Gasteiger partial charge on any atom is -0.460 e. The normalized spacial score (nSPS) is 12.2. The van der Waals surface area contributed by atoms with Crippen LogP contribution in [0.5, 0.6) is 0 Å². The first-order chi connectivity index (χ1) is 22.6. The summed E-state index contributed by atoms with van der Waals surface area (Å²) in [6, 6.07) is 0. The van der Waals surface area contributed by atoms with E-state index in [0.29, 0.717) is 152 Å². The molecular weight excluding hydrogens is 636 g/mol. The van der Waals surface area contributed by atoms with Crippen LogP contribution in [0.25, 0.3) is 0 Å². The molecule has 0 spiro atoms. The lowest BCUT2D eigenvalue weighted by molar-refractivity contribution is -0.156. The van der Waals surface area contributed by atoms with Crippen molar-refractivity contribution in [1.29, 1.82) is 0 Å². The molecule has 0 saturated carbocycles. The maximum Gasteiger partial charge on any atom is 0.308 e. The molecule has 0 heterocycles. The van der Waals surface area contributed by atoms with Gasteiger partial charge in [0.25, 0.3) is 0 Å². The van der Waals surface area contributed by atoms with Crippen LogP contribution in [0.1, 0.15) is 27.2 Å². The van der Waals surface area contributed by atoms with Gasteiger partial charge in [-0.2, -0.15) is 0 Å². The van der Waals surface area contributed by atoms with Crippen LogP contribution < -0.4 is 0 Å². The smallest absolute Gasteiger partial charge is 0.308 e. The number of hydrogen-bond donors (Lipinski definition) is 0. The quantitative estimate of drug-likeness (QED) is 0.0533. The van der Waals surface area contributed by atoms with Crippen molar-refractivity contribution in [3.8, 4) is 0 Å². The molecule has 0 fully saturated rings. The standard InChI is InChI=1S/C32H66O14Si/c1-32(2,3)46-31(33)7-8-34-9-10-35-11-12-36-13-14-37-15-16-38-17-18-39-19-20-40-21-22-41-23-24-42-25-26-43-27-28-44-29-30-45-47(4,5)6/h7-30H2,1-6H3. The SMILES string of the molecule is CC(C)(C)OC(=O)CCOCCOCCOCCOCCOCCOCCOCCOCCOCCOCCOCCO[Si](C)(C)C. The van der Waals surface area contributed by atoms with Crippen LogP contribution in [0.2, 0.25) is 19.6 Å². The number of carbonyl (C=O) groups is 1. The summed E-state index contributed by atoms with van der Waals surface area (Å²) in [6.07, 6.45) is 0.232. The summed E-state index contributed by atoms with van der Waals surface area (Å²) in [5.74, 6) is -0.264. The second-order valence-corrected chi connectivity index (χ2v) is 16.5. The minimum atomic E-state index is -1.45. The van der Waals surface area contributed by atoms with Gasteiger partial charge < -0.3 is 61.3 Å². The van der Waals surface area contributed by atoms with Gasteiger partial charge in [0.2, 0.25) is 0 Å². The molecule has 0 aliphatic heterocycles. The van der Waals surface area contributed by atoms with E-state index >= 15 is 0 Å². The van der Waals surface area contributed by atoms with E-state index in [1.165, 1.54) is 0 Å². The average molecular weight is 703 g/mol. The highest BCUT2D eigenvalue weighted by Crippen LogP contribution is 2.08. The van der Waals surface area contributed by atoms with Crippen LogP contribution in [0.3, 0.4) is 0 Å². The summed E-state index contributed by atoms with van der Waals surface area (Å²) in [5.41, 5.74) is -0.473. The van der Waals surface area contributed by atoms with Crippen molar-refractivity contribution >= 4 is 14.3 Å². The van der Waals surface area contributed by atoms with Crippen molar-refractivity contribution in [1.82, 2.24) is 0 Å². The van der Waals surface area contributed by atoms with E-state index in [9.17, 15) is 4.79 Å². The minimum absolute atomic E-state index is 0.232. The van der Waals surface area contributed by atoms with Crippen LogP contribution in [0.4, 0.5) is 0 Å². The molecule has 47 heavy (non-hydrogen) atoms. The third-order valence-corrected chi connectivity index (χ3v) is 6.42.